The molecule has 0 fully saturated rings. The maximum atomic E-state index is 3.59. The van der Waals surface area contributed by atoms with Crippen molar-refractivity contribution in [3.8, 4) is 0 Å². The van der Waals surface area contributed by atoms with E-state index >= 15 is 0 Å². The summed E-state index contributed by atoms with van der Waals surface area (Å²) in [4.78, 5) is 0. The van der Waals surface area contributed by atoms with Crippen LogP contribution in [0.2, 0.25) is 0 Å². The van der Waals surface area contributed by atoms with Crippen LogP contribution < -0.4 is 5.32 Å². The van der Waals surface area contributed by atoms with Crippen molar-refractivity contribution < 1.29 is 0 Å². The average molecular weight is 256 g/mol. The Balaban J connectivity index is 2.78. The lowest BCUT2D eigenvalue weighted by Crippen LogP contribution is -2.30. The average Bonchev–Trinajstić information content (AvgIpc) is 2.18. The second-order valence-electron chi connectivity index (χ2n) is 3.66. The van der Waals surface area contributed by atoms with Crippen LogP contribution in [0.4, 0.5) is 0 Å². The van der Waals surface area contributed by atoms with Gasteiger partial charge in [-0.25, -0.2) is 0 Å². The third-order valence-electron chi connectivity index (χ3n) is 2.67. The van der Waals surface area contributed by atoms with E-state index in [0.29, 0.717) is 12.0 Å². The predicted octanol–water partition coefficient (Wildman–Crippen LogP) is 3.55. The standard InChI is InChI=1S/C12H18BrN/c1-4-14-10(3)9(2)11-7-5-6-8-12(11)13/h5-10,14H,4H2,1-3H3. The number of rotatable bonds is 4. The number of nitrogens with one attached hydrogen (secondary N) is 1. The van der Waals surface area contributed by atoms with Crippen molar-refractivity contribution in [2.75, 3.05) is 6.54 Å². The zero-order valence-corrected chi connectivity index (χ0v) is 10.6. The maximum absolute atomic E-state index is 3.59. The van der Waals surface area contributed by atoms with E-state index < -0.39 is 0 Å². The highest BCUT2D eigenvalue weighted by atomic mass is 79.9. The fraction of sp³-hybridized carbons (Fsp3) is 0.500. The topological polar surface area (TPSA) is 12.0 Å². The minimum absolute atomic E-state index is 0.513. The molecule has 1 N–H and O–H groups in total. The van der Waals surface area contributed by atoms with Crippen LogP contribution in [0.25, 0.3) is 0 Å². The van der Waals surface area contributed by atoms with E-state index in [2.05, 4.69) is 66.3 Å². The van der Waals surface area contributed by atoms with E-state index in [1.165, 1.54) is 10.0 Å². The third kappa shape index (κ3) is 2.82. The van der Waals surface area contributed by atoms with Crippen LogP contribution in [0.5, 0.6) is 0 Å². The van der Waals surface area contributed by atoms with E-state index in [1.807, 2.05) is 0 Å². The molecule has 1 nitrogen and oxygen atoms in total. The molecule has 1 aromatic carbocycles. The molecule has 0 heterocycles. The highest BCUT2D eigenvalue weighted by molar-refractivity contribution is 9.10. The molecule has 0 aliphatic rings. The second kappa shape index (κ2) is 5.52. The molecule has 78 valence electrons. The van der Waals surface area contributed by atoms with Gasteiger partial charge in [0.1, 0.15) is 0 Å². The summed E-state index contributed by atoms with van der Waals surface area (Å²) in [6.07, 6.45) is 0. The maximum Gasteiger partial charge on any atom is 0.0210 e. The van der Waals surface area contributed by atoms with E-state index in [0.717, 1.165) is 6.54 Å². The minimum atomic E-state index is 0.513. The summed E-state index contributed by atoms with van der Waals surface area (Å²) in [6.45, 7) is 7.65. The number of hydrogen-bond acceptors (Lipinski definition) is 1. The zero-order valence-electron chi connectivity index (χ0n) is 9.05. The molecular formula is C12H18BrN. The molecular weight excluding hydrogens is 238 g/mol. The summed E-state index contributed by atoms with van der Waals surface area (Å²) in [5, 5.41) is 3.45. The summed E-state index contributed by atoms with van der Waals surface area (Å²) in [6, 6.07) is 8.94. The van der Waals surface area contributed by atoms with Crippen LogP contribution in [0.1, 0.15) is 32.3 Å². The molecule has 0 bridgehead atoms. The van der Waals surface area contributed by atoms with Crippen LogP contribution in [-0.4, -0.2) is 12.6 Å². The Hall–Kier alpha value is -0.340. The monoisotopic (exact) mass is 255 g/mol. The van der Waals surface area contributed by atoms with Gasteiger partial charge in [0.05, 0.1) is 0 Å². The van der Waals surface area contributed by atoms with E-state index in [9.17, 15) is 0 Å². The predicted molar refractivity (Wildman–Crippen MR) is 65.7 cm³/mol. The SMILES string of the molecule is CCNC(C)C(C)c1ccccc1Br. The quantitative estimate of drug-likeness (QED) is 0.868. The molecule has 0 aliphatic carbocycles. The molecule has 0 aromatic heterocycles. The smallest absolute Gasteiger partial charge is 0.0210 e. The Bertz CT molecular complexity index is 285. The summed E-state index contributed by atoms with van der Waals surface area (Å²) >= 11 is 3.59. The van der Waals surface area contributed by atoms with Crippen molar-refractivity contribution in [3.05, 3.63) is 34.3 Å². The van der Waals surface area contributed by atoms with Crippen LogP contribution in [-0.2, 0) is 0 Å². The highest BCUT2D eigenvalue weighted by Gasteiger charge is 2.14. The van der Waals surface area contributed by atoms with Gasteiger partial charge in [0.15, 0.2) is 0 Å². The molecule has 0 amide bonds. The highest BCUT2D eigenvalue weighted by Crippen LogP contribution is 2.26. The zero-order chi connectivity index (χ0) is 10.6. The Labute approximate surface area is 95.0 Å². The van der Waals surface area contributed by atoms with Gasteiger partial charge in [-0.2, -0.15) is 0 Å². The van der Waals surface area contributed by atoms with Gasteiger partial charge in [-0.1, -0.05) is 48.0 Å². The number of halogens is 1. The van der Waals surface area contributed by atoms with Gasteiger partial charge >= 0.3 is 0 Å². The molecule has 2 unspecified atom stereocenters. The Morgan fingerprint density at radius 2 is 1.93 bits per heavy atom. The first kappa shape index (κ1) is 11.7. The first-order valence-corrected chi connectivity index (χ1v) is 5.94. The van der Waals surface area contributed by atoms with Crippen molar-refractivity contribution in [1.82, 2.24) is 5.32 Å². The van der Waals surface area contributed by atoms with Gasteiger partial charge in [-0.05, 0) is 31.0 Å². The largest absolute Gasteiger partial charge is 0.314 e. The molecule has 0 aliphatic heterocycles. The van der Waals surface area contributed by atoms with Gasteiger partial charge in [-0.15, -0.1) is 0 Å². The van der Waals surface area contributed by atoms with Gasteiger partial charge in [0.2, 0.25) is 0 Å². The van der Waals surface area contributed by atoms with Gasteiger partial charge in [0.25, 0.3) is 0 Å². The van der Waals surface area contributed by atoms with E-state index in [1.54, 1.807) is 0 Å². The van der Waals surface area contributed by atoms with Crippen LogP contribution in [0.15, 0.2) is 28.7 Å². The van der Waals surface area contributed by atoms with Gasteiger partial charge in [-0.3, -0.25) is 0 Å². The normalized spacial score (nSPS) is 15.1. The summed E-state index contributed by atoms with van der Waals surface area (Å²) < 4.78 is 1.21. The summed E-state index contributed by atoms with van der Waals surface area (Å²) in [5.74, 6) is 0.533. The minimum Gasteiger partial charge on any atom is -0.314 e. The van der Waals surface area contributed by atoms with Gasteiger partial charge < -0.3 is 5.32 Å². The summed E-state index contributed by atoms with van der Waals surface area (Å²) in [7, 11) is 0. The van der Waals surface area contributed by atoms with Crippen molar-refractivity contribution in [1.29, 1.82) is 0 Å². The molecule has 0 spiro atoms. The van der Waals surface area contributed by atoms with Crippen LogP contribution in [0, 0.1) is 0 Å². The fourth-order valence-corrected chi connectivity index (χ4v) is 2.26. The lowest BCUT2D eigenvalue weighted by Gasteiger charge is -2.22. The number of benzene rings is 1. The molecule has 14 heavy (non-hydrogen) atoms. The molecule has 0 saturated carbocycles. The number of hydrogen-bond donors (Lipinski definition) is 1. The molecule has 2 heteroatoms. The lowest BCUT2D eigenvalue weighted by atomic mass is 9.94. The summed E-state index contributed by atoms with van der Waals surface area (Å²) in [5.41, 5.74) is 1.38. The van der Waals surface area contributed by atoms with Crippen molar-refractivity contribution in [3.63, 3.8) is 0 Å². The van der Waals surface area contributed by atoms with Crippen LogP contribution in [0.3, 0.4) is 0 Å². The Morgan fingerprint density at radius 3 is 2.50 bits per heavy atom. The molecule has 0 radical (unpaired) electrons. The first-order chi connectivity index (χ1) is 6.66. The molecule has 1 rings (SSSR count). The Kier molecular flexibility index (Phi) is 4.63. The second-order valence-corrected chi connectivity index (χ2v) is 4.51. The fourth-order valence-electron chi connectivity index (χ4n) is 1.61. The van der Waals surface area contributed by atoms with E-state index in [-0.39, 0.29) is 0 Å². The van der Waals surface area contributed by atoms with Gasteiger partial charge in [0, 0.05) is 10.5 Å². The van der Waals surface area contributed by atoms with Crippen LogP contribution >= 0.6 is 15.9 Å². The lowest BCUT2D eigenvalue weighted by molar-refractivity contribution is 0.494. The Morgan fingerprint density at radius 1 is 1.29 bits per heavy atom. The van der Waals surface area contributed by atoms with E-state index in [4.69, 9.17) is 0 Å². The van der Waals surface area contributed by atoms with Crippen molar-refractivity contribution in [2.45, 2.75) is 32.7 Å². The number of likely N-dealkylation sites (N-methyl/N-ethyl adjacent to an activating group) is 1. The van der Waals surface area contributed by atoms with Crippen molar-refractivity contribution >= 4 is 15.9 Å². The third-order valence-corrected chi connectivity index (χ3v) is 3.39. The molecule has 1 aromatic rings. The van der Waals surface area contributed by atoms with Crippen molar-refractivity contribution in [2.24, 2.45) is 0 Å². The molecule has 2 atom stereocenters. The molecule has 0 saturated heterocycles. The first-order valence-electron chi connectivity index (χ1n) is 5.14.